The number of aromatic nitrogens is 2. The molecule has 90 valence electrons. The Hall–Kier alpha value is -1.85. The number of aromatic amines is 1. The minimum absolute atomic E-state index is 0.0197. The van der Waals surface area contributed by atoms with Gasteiger partial charge in [-0.2, -0.15) is 0 Å². The molecule has 1 amide bonds. The molecule has 0 aromatic carbocycles. The number of guanidine groups is 1. The number of amides is 1. The van der Waals surface area contributed by atoms with Gasteiger partial charge in [0.15, 0.2) is 5.82 Å². The largest absolute Gasteiger partial charge is 0.339 e. The van der Waals surface area contributed by atoms with E-state index in [1.165, 1.54) is 0 Å². The van der Waals surface area contributed by atoms with Gasteiger partial charge in [0, 0.05) is 13.1 Å². The summed E-state index contributed by atoms with van der Waals surface area (Å²) in [6, 6.07) is 0. The van der Waals surface area contributed by atoms with E-state index >= 15 is 0 Å². The highest BCUT2D eigenvalue weighted by Gasteiger charge is 2.39. The Morgan fingerprint density at radius 3 is 3.12 bits per heavy atom. The second kappa shape index (κ2) is 3.58. The first-order valence-electron chi connectivity index (χ1n) is 5.85. The van der Waals surface area contributed by atoms with Gasteiger partial charge in [0.1, 0.15) is 5.69 Å². The van der Waals surface area contributed by atoms with E-state index in [1.807, 2.05) is 4.90 Å². The van der Waals surface area contributed by atoms with Crippen LogP contribution in [0.1, 0.15) is 24.3 Å². The van der Waals surface area contributed by atoms with Crippen molar-refractivity contribution in [2.75, 3.05) is 24.5 Å². The topological polar surface area (TPSA) is 64.6 Å². The number of aliphatic imine (C=N–C) groups is 1. The molecule has 0 fully saturated rings. The zero-order chi connectivity index (χ0) is 12.0. The van der Waals surface area contributed by atoms with Gasteiger partial charge in [-0.1, -0.05) is 13.8 Å². The first-order chi connectivity index (χ1) is 8.18. The maximum Gasteiger partial charge on any atom is 0.280 e. The third-order valence-electron chi connectivity index (χ3n) is 2.94. The van der Waals surface area contributed by atoms with E-state index in [4.69, 9.17) is 0 Å². The van der Waals surface area contributed by atoms with Crippen molar-refractivity contribution in [2.45, 2.75) is 13.8 Å². The van der Waals surface area contributed by atoms with Crippen molar-refractivity contribution in [1.29, 1.82) is 0 Å². The second-order valence-corrected chi connectivity index (χ2v) is 4.74. The summed E-state index contributed by atoms with van der Waals surface area (Å²) in [5.41, 5.74) is 0.575. The van der Waals surface area contributed by atoms with Crippen LogP contribution in [-0.2, 0) is 0 Å². The summed E-state index contributed by atoms with van der Waals surface area (Å²) >= 11 is 0. The second-order valence-electron chi connectivity index (χ2n) is 4.74. The summed E-state index contributed by atoms with van der Waals surface area (Å²) in [4.78, 5) is 27.5. The zero-order valence-electron chi connectivity index (χ0n) is 9.97. The van der Waals surface area contributed by atoms with Crippen LogP contribution in [0.25, 0.3) is 0 Å². The minimum atomic E-state index is -0.0197. The van der Waals surface area contributed by atoms with E-state index in [-0.39, 0.29) is 5.91 Å². The molecule has 0 atom stereocenters. The normalized spacial score (nSPS) is 18.5. The molecule has 0 saturated heterocycles. The van der Waals surface area contributed by atoms with Gasteiger partial charge >= 0.3 is 0 Å². The van der Waals surface area contributed by atoms with Crippen molar-refractivity contribution in [1.82, 2.24) is 14.9 Å². The lowest BCUT2D eigenvalue weighted by Gasteiger charge is -2.33. The highest BCUT2D eigenvalue weighted by atomic mass is 16.2. The number of imidazole rings is 1. The number of hydrogen-bond acceptors (Lipinski definition) is 4. The van der Waals surface area contributed by atoms with E-state index in [0.29, 0.717) is 30.5 Å². The minimum Gasteiger partial charge on any atom is -0.339 e. The van der Waals surface area contributed by atoms with Gasteiger partial charge in [0.25, 0.3) is 5.91 Å². The molecular formula is C11H15N5O. The van der Waals surface area contributed by atoms with Crippen molar-refractivity contribution in [3.8, 4) is 0 Å². The van der Waals surface area contributed by atoms with E-state index in [0.717, 1.165) is 12.5 Å². The fourth-order valence-electron chi connectivity index (χ4n) is 2.27. The van der Waals surface area contributed by atoms with Gasteiger partial charge in [0.05, 0.1) is 12.9 Å². The summed E-state index contributed by atoms with van der Waals surface area (Å²) in [7, 11) is 0. The first-order valence-corrected chi connectivity index (χ1v) is 5.85. The van der Waals surface area contributed by atoms with Gasteiger partial charge in [-0.3, -0.25) is 19.6 Å². The maximum atomic E-state index is 12.1. The molecule has 17 heavy (non-hydrogen) atoms. The molecular weight excluding hydrogens is 218 g/mol. The lowest BCUT2D eigenvalue weighted by Crippen LogP contribution is -2.51. The third-order valence-corrected chi connectivity index (χ3v) is 2.94. The molecule has 0 saturated carbocycles. The SMILES string of the molecule is CC(C)CN1C2=NCCN2C(=O)c2[nH]cnc21. The molecule has 0 spiro atoms. The molecule has 2 aliphatic heterocycles. The van der Waals surface area contributed by atoms with Crippen molar-refractivity contribution >= 4 is 17.7 Å². The quantitative estimate of drug-likeness (QED) is 0.817. The van der Waals surface area contributed by atoms with Crippen LogP contribution < -0.4 is 4.90 Å². The standard InChI is InChI=1S/C11H15N5O/c1-7(2)5-16-9-8(13-6-14-9)10(17)15-4-3-12-11(15)16/h6-7H,3-5H2,1-2H3,(H,13,14). The van der Waals surface area contributed by atoms with Gasteiger partial charge in [0.2, 0.25) is 5.96 Å². The maximum absolute atomic E-state index is 12.1. The number of anilines is 1. The van der Waals surface area contributed by atoms with Gasteiger partial charge in [-0.25, -0.2) is 4.98 Å². The Labute approximate surface area is 99.3 Å². The van der Waals surface area contributed by atoms with Crippen molar-refractivity contribution < 1.29 is 4.79 Å². The Morgan fingerprint density at radius 2 is 2.35 bits per heavy atom. The lowest BCUT2D eigenvalue weighted by molar-refractivity contribution is 0.0846. The molecule has 3 rings (SSSR count). The fraction of sp³-hybridized carbons (Fsp3) is 0.545. The van der Waals surface area contributed by atoms with Crippen LogP contribution in [0.3, 0.4) is 0 Å². The van der Waals surface area contributed by atoms with Crippen LogP contribution in [0.2, 0.25) is 0 Å². The number of hydrogen-bond donors (Lipinski definition) is 1. The highest BCUT2D eigenvalue weighted by molar-refractivity contribution is 6.17. The number of nitrogens with zero attached hydrogens (tertiary/aromatic N) is 4. The molecule has 3 heterocycles. The summed E-state index contributed by atoms with van der Waals surface area (Å²) in [6.07, 6.45) is 1.57. The molecule has 6 nitrogen and oxygen atoms in total. The Kier molecular flexibility index (Phi) is 2.17. The number of rotatable bonds is 2. The van der Waals surface area contributed by atoms with Crippen molar-refractivity contribution in [3.63, 3.8) is 0 Å². The van der Waals surface area contributed by atoms with Crippen molar-refractivity contribution in [3.05, 3.63) is 12.0 Å². The molecule has 0 bridgehead atoms. The van der Waals surface area contributed by atoms with E-state index < -0.39 is 0 Å². The fourth-order valence-corrected chi connectivity index (χ4v) is 2.27. The first kappa shape index (κ1) is 10.3. The van der Waals surface area contributed by atoms with E-state index in [2.05, 4.69) is 28.8 Å². The van der Waals surface area contributed by atoms with Crippen LogP contribution in [0.4, 0.5) is 5.82 Å². The zero-order valence-corrected chi connectivity index (χ0v) is 9.97. The average Bonchev–Trinajstić information content (AvgIpc) is 2.92. The summed E-state index contributed by atoms with van der Waals surface area (Å²) < 4.78 is 0. The molecule has 0 unspecified atom stereocenters. The van der Waals surface area contributed by atoms with Crippen LogP contribution >= 0.6 is 0 Å². The Bertz CT molecular complexity index is 490. The number of carbonyl (C=O) groups is 1. The Morgan fingerprint density at radius 1 is 1.53 bits per heavy atom. The monoisotopic (exact) mass is 233 g/mol. The van der Waals surface area contributed by atoms with Crippen LogP contribution in [0.15, 0.2) is 11.3 Å². The van der Waals surface area contributed by atoms with Gasteiger partial charge < -0.3 is 4.98 Å². The number of nitrogens with one attached hydrogen (secondary N) is 1. The predicted octanol–water partition coefficient (Wildman–Crippen LogP) is 0.697. The summed E-state index contributed by atoms with van der Waals surface area (Å²) in [5.74, 6) is 1.93. The average molecular weight is 233 g/mol. The van der Waals surface area contributed by atoms with Crippen LogP contribution in [0.5, 0.6) is 0 Å². The molecule has 0 radical (unpaired) electrons. The molecule has 1 aromatic rings. The van der Waals surface area contributed by atoms with Crippen LogP contribution in [0, 0.1) is 5.92 Å². The highest BCUT2D eigenvalue weighted by Crippen LogP contribution is 2.27. The molecule has 1 N–H and O–H groups in total. The Balaban J connectivity index is 2.07. The lowest BCUT2D eigenvalue weighted by atomic mass is 10.2. The molecule has 6 heteroatoms. The van der Waals surface area contributed by atoms with E-state index in [1.54, 1.807) is 11.2 Å². The smallest absolute Gasteiger partial charge is 0.280 e. The summed E-state index contributed by atoms with van der Waals surface area (Å²) in [5, 5.41) is 0. The molecule has 1 aromatic heterocycles. The van der Waals surface area contributed by atoms with Gasteiger partial charge in [-0.15, -0.1) is 0 Å². The molecule has 2 aliphatic rings. The van der Waals surface area contributed by atoms with E-state index in [9.17, 15) is 4.79 Å². The summed E-state index contributed by atoms with van der Waals surface area (Å²) in [6.45, 7) is 6.45. The number of carbonyl (C=O) groups excluding carboxylic acids is 1. The molecule has 0 aliphatic carbocycles. The van der Waals surface area contributed by atoms with Crippen molar-refractivity contribution in [2.24, 2.45) is 10.9 Å². The predicted molar refractivity (Wildman–Crippen MR) is 64.1 cm³/mol. The third kappa shape index (κ3) is 1.44. The number of fused-ring (bicyclic) bond motifs is 2. The van der Waals surface area contributed by atoms with Gasteiger partial charge in [-0.05, 0) is 5.92 Å². The number of H-pyrrole nitrogens is 1. The van der Waals surface area contributed by atoms with Crippen LogP contribution in [-0.4, -0.2) is 46.4 Å².